The fourth-order valence-corrected chi connectivity index (χ4v) is 7.42. The summed E-state index contributed by atoms with van der Waals surface area (Å²) in [5.41, 5.74) is 0.659. The van der Waals surface area contributed by atoms with Crippen LogP contribution in [0.15, 0.2) is 17.2 Å². The second-order valence-corrected chi connectivity index (χ2v) is 11.2. The Bertz CT molecular complexity index is 862. The highest BCUT2D eigenvalue weighted by molar-refractivity contribution is 7.99. The Kier molecular flexibility index (Phi) is 5.88. The normalized spacial score (nSPS) is 34.0. The van der Waals surface area contributed by atoms with E-state index in [1.807, 2.05) is 17.0 Å². The molecule has 2 heterocycles. The van der Waals surface area contributed by atoms with Crippen LogP contribution in [0.25, 0.3) is 0 Å². The lowest BCUT2D eigenvalue weighted by Gasteiger charge is -2.33. The molecule has 3 bridgehead atoms. The number of carboxylic acid groups (broad SMARTS) is 1. The van der Waals surface area contributed by atoms with Crippen molar-refractivity contribution in [2.75, 3.05) is 23.7 Å². The van der Waals surface area contributed by atoms with Crippen LogP contribution in [-0.2, 0) is 4.79 Å². The molecule has 6 unspecified atom stereocenters. The maximum atomic E-state index is 13.3. The maximum absolute atomic E-state index is 13.3. The first-order valence-electron chi connectivity index (χ1n) is 11.9. The van der Waals surface area contributed by atoms with Crippen LogP contribution in [0, 0.1) is 29.6 Å². The topological polar surface area (TPSA) is 82.5 Å². The van der Waals surface area contributed by atoms with Crippen molar-refractivity contribution in [1.82, 2.24) is 10.3 Å². The summed E-state index contributed by atoms with van der Waals surface area (Å²) in [5, 5.41) is 13.4. The third-order valence-electron chi connectivity index (χ3n) is 8.15. The van der Waals surface area contributed by atoms with Gasteiger partial charge in [0, 0.05) is 19.1 Å². The van der Waals surface area contributed by atoms with Gasteiger partial charge in [-0.3, -0.25) is 9.59 Å². The molecule has 6 nitrogen and oxygen atoms in total. The standard InChI is InChI=1S/C24H33N3O3S/c1-2-31-23-19(4-6-21(26-23)27-8-7-16(13-27)24(29)30)22(28)25-20-5-3-15-9-14-10-17(15)12-18(20)11-14/h4,6,14-18,20H,2-3,5,7-13H2,1H3,(H,25,28)(H,29,30). The molecular formula is C24H33N3O3S. The van der Waals surface area contributed by atoms with Crippen LogP contribution < -0.4 is 10.2 Å². The van der Waals surface area contributed by atoms with Gasteiger partial charge in [0.05, 0.1) is 11.5 Å². The molecule has 3 saturated carbocycles. The molecule has 5 rings (SSSR count). The van der Waals surface area contributed by atoms with Crippen LogP contribution in [0.2, 0.25) is 0 Å². The maximum Gasteiger partial charge on any atom is 0.308 e. The zero-order valence-electron chi connectivity index (χ0n) is 18.3. The summed E-state index contributed by atoms with van der Waals surface area (Å²) in [6.07, 6.45) is 8.42. The third kappa shape index (κ3) is 4.18. The van der Waals surface area contributed by atoms with E-state index < -0.39 is 5.97 Å². The molecule has 1 saturated heterocycles. The highest BCUT2D eigenvalue weighted by atomic mass is 32.2. The van der Waals surface area contributed by atoms with E-state index >= 15 is 0 Å². The molecule has 3 aliphatic carbocycles. The predicted molar refractivity (Wildman–Crippen MR) is 122 cm³/mol. The van der Waals surface area contributed by atoms with E-state index in [-0.39, 0.29) is 17.9 Å². The zero-order chi connectivity index (χ0) is 21.5. The number of nitrogens with zero attached hydrogens (tertiary/aromatic N) is 2. The highest BCUT2D eigenvalue weighted by Crippen LogP contribution is 2.53. The van der Waals surface area contributed by atoms with E-state index in [1.165, 1.54) is 32.1 Å². The van der Waals surface area contributed by atoms with Crippen molar-refractivity contribution in [2.45, 2.75) is 62.9 Å². The zero-order valence-corrected chi connectivity index (χ0v) is 19.1. The van der Waals surface area contributed by atoms with Gasteiger partial charge in [-0.25, -0.2) is 4.98 Å². The highest BCUT2D eigenvalue weighted by Gasteiger charge is 2.45. The van der Waals surface area contributed by atoms with Crippen molar-refractivity contribution in [2.24, 2.45) is 29.6 Å². The molecule has 6 atom stereocenters. The summed E-state index contributed by atoms with van der Waals surface area (Å²) in [5.74, 6) is 3.84. The Labute approximate surface area is 188 Å². The summed E-state index contributed by atoms with van der Waals surface area (Å²) in [4.78, 5) is 31.4. The second-order valence-electron chi connectivity index (χ2n) is 9.97. The van der Waals surface area contributed by atoms with Crippen LogP contribution in [0.4, 0.5) is 5.82 Å². The minimum Gasteiger partial charge on any atom is -0.481 e. The molecule has 2 N–H and O–H groups in total. The Morgan fingerprint density at radius 2 is 1.94 bits per heavy atom. The van der Waals surface area contributed by atoms with Crippen molar-refractivity contribution in [3.05, 3.63) is 17.7 Å². The number of nitrogens with one attached hydrogen (secondary N) is 1. The summed E-state index contributed by atoms with van der Waals surface area (Å²) < 4.78 is 0. The van der Waals surface area contributed by atoms with Gasteiger partial charge in [0.2, 0.25) is 0 Å². The molecule has 7 heteroatoms. The monoisotopic (exact) mass is 443 g/mol. The summed E-state index contributed by atoms with van der Waals surface area (Å²) in [7, 11) is 0. The number of carboxylic acids is 1. The van der Waals surface area contributed by atoms with E-state index in [0.29, 0.717) is 31.0 Å². The van der Waals surface area contributed by atoms with Crippen molar-refractivity contribution in [3.8, 4) is 0 Å². The molecule has 4 fully saturated rings. The van der Waals surface area contributed by atoms with E-state index in [0.717, 1.165) is 40.8 Å². The first-order chi connectivity index (χ1) is 15.0. The number of hydrogen-bond acceptors (Lipinski definition) is 5. The van der Waals surface area contributed by atoms with E-state index in [4.69, 9.17) is 4.98 Å². The van der Waals surface area contributed by atoms with Crippen LogP contribution >= 0.6 is 11.8 Å². The lowest BCUT2D eigenvalue weighted by atomic mass is 9.77. The number of anilines is 1. The number of aliphatic carboxylic acids is 1. The Morgan fingerprint density at radius 1 is 1.13 bits per heavy atom. The minimum absolute atomic E-state index is 0.00234. The summed E-state index contributed by atoms with van der Waals surface area (Å²) in [6.45, 7) is 3.24. The first kappa shape index (κ1) is 21.1. The summed E-state index contributed by atoms with van der Waals surface area (Å²) in [6, 6.07) is 4.07. The van der Waals surface area contributed by atoms with Crippen LogP contribution in [-0.4, -0.2) is 46.9 Å². The van der Waals surface area contributed by atoms with Gasteiger partial charge in [0.1, 0.15) is 10.8 Å². The lowest BCUT2D eigenvalue weighted by molar-refractivity contribution is -0.140. The molecule has 0 radical (unpaired) electrons. The second kappa shape index (κ2) is 8.64. The molecule has 1 aromatic rings. The van der Waals surface area contributed by atoms with Crippen molar-refractivity contribution < 1.29 is 14.7 Å². The smallest absolute Gasteiger partial charge is 0.308 e. The largest absolute Gasteiger partial charge is 0.481 e. The molecule has 1 amide bonds. The molecule has 1 aromatic heterocycles. The lowest BCUT2D eigenvalue weighted by Crippen LogP contribution is -2.42. The van der Waals surface area contributed by atoms with E-state index in [1.54, 1.807) is 11.8 Å². The number of carbonyl (C=O) groups excluding carboxylic acids is 1. The fraction of sp³-hybridized carbons (Fsp3) is 0.708. The van der Waals surface area contributed by atoms with Crippen LogP contribution in [0.1, 0.15) is 62.2 Å². The third-order valence-corrected chi connectivity index (χ3v) is 9.02. The molecule has 0 aromatic carbocycles. The number of hydrogen-bond donors (Lipinski definition) is 2. The number of rotatable bonds is 6. The van der Waals surface area contributed by atoms with Crippen LogP contribution in [0.3, 0.4) is 0 Å². The summed E-state index contributed by atoms with van der Waals surface area (Å²) >= 11 is 1.59. The molecule has 0 spiro atoms. The molecule has 31 heavy (non-hydrogen) atoms. The predicted octanol–water partition coefficient (Wildman–Crippen LogP) is 4.05. The number of fused-ring (bicyclic) bond motifs is 2. The van der Waals surface area contributed by atoms with Crippen LogP contribution in [0.5, 0.6) is 0 Å². The van der Waals surface area contributed by atoms with Gasteiger partial charge < -0.3 is 15.3 Å². The molecule has 168 valence electrons. The Hall–Kier alpha value is -1.76. The van der Waals surface area contributed by atoms with E-state index in [9.17, 15) is 14.7 Å². The molecule has 4 aliphatic rings. The van der Waals surface area contributed by atoms with Crippen molar-refractivity contribution in [1.29, 1.82) is 0 Å². The Balaban J connectivity index is 1.31. The number of pyridine rings is 1. The first-order valence-corrected chi connectivity index (χ1v) is 12.9. The number of aromatic nitrogens is 1. The number of carbonyl (C=O) groups is 2. The van der Waals surface area contributed by atoms with Gasteiger partial charge in [0.25, 0.3) is 5.91 Å². The van der Waals surface area contributed by atoms with Gasteiger partial charge in [-0.1, -0.05) is 6.92 Å². The van der Waals surface area contributed by atoms with E-state index in [2.05, 4.69) is 12.2 Å². The van der Waals surface area contributed by atoms with Crippen molar-refractivity contribution in [3.63, 3.8) is 0 Å². The quantitative estimate of drug-likeness (QED) is 0.646. The van der Waals surface area contributed by atoms with Gasteiger partial charge in [-0.05, 0) is 86.5 Å². The SMILES string of the molecule is CCSc1nc(N2CCC(C(=O)O)C2)ccc1C(=O)NC1CCC2CC3CC2CC1C3. The average molecular weight is 444 g/mol. The fourth-order valence-electron chi connectivity index (χ4n) is 6.68. The van der Waals surface area contributed by atoms with Gasteiger partial charge in [0.15, 0.2) is 0 Å². The molecule has 1 aliphatic heterocycles. The minimum atomic E-state index is -0.743. The van der Waals surface area contributed by atoms with Gasteiger partial charge >= 0.3 is 5.97 Å². The van der Waals surface area contributed by atoms with Crippen molar-refractivity contribution >= 4 is 29.5 Å². The average Bonchev–Trinajstić information content (AvgIpc) is 3.33. The van der Waals surface area contributed by atoms with Gasteiger partial charge in [-0.2, -0.15) is 0 Å². The molecular weight excluding hydrogens is 410 g/mol. The number of thioether (sulfide) groups is 1. The number of amides is 1. The van der Waals surface area contributed by atoms with Gasteiger partial charge in [-0.15, -0.1) is 11.8 Å². The Morgan fingerprint density at radius 3 is 2.71 bits per heavy atom.